The number of H-pyrrole nitrogens is 1. The lowest BCUT2D eigenvalue weighted by molar-refractivity contribution is -0.0418. The first-order valence-electron chi connectivity index (χ1n) is 8.36. The van der Waals surface area contributed by atoms with Gasteiger partial charge in [0.1, 0.15) is 0 Å². The zero-order valence-electron chi connectivity index (χ0n) is 13.0. The fourth-order valence-corrected chi connectivity index (χ4v) is 5.07. The molecule has 23 heavy (non-hydrogen) atoms. The Morgan fingerprint density at radius 3 is 2.65 bits per heavy atom. The average Bonchev–Trinajstić information content (AvgIpc) is 2.97. The van der Waals surface area contributed by atoms with Crippen molar-refractivity contribution in [3.8, 4) is 0 Å². The number of aromatic nitrogens is 1. The van der Waals surface area contributed by atoms with E-state index in [2.05, 4.69) is 15.2 Å². The van der Waals surface area contributed by atoms with E-state index in [1.807, 2.05) is 30.5 Å². The van der Waals surface area contributed by atoms with Crippen LogP contribution in [0.15, 0.2) is 30.5 Å². The largest absolute Gasteiger partial charge is 0.361 e. The Labute approximate surface area is 142 Å². The van der Waals surface area contributed by atoms with E-state index in [1.165, 1.54) is 32.5 Å². The molecule has 4 fully saturated rings. The Morgan fingerprint density at radius 2 is 1.91 bits per heavy atom. The van der Waals surface area contributed by atoms with Crippen LogP contribution in [0.4, 0.5) is 0 Å². The van der Waals surface area contributed by atoms with Gasteiger partial charge in [-0.3, -0.25) is 4.79 Å². The molecule has 4 aliphatic rings. The van der Waals surface area contributed by atoms with Crippen LogP contribution in [0.3, 0.4) is 0 Å². The standard InChI is InChI=1S/C18H21N3O.ClH/c22-18(13-2-1-12-3-4-19-16(12)7-13)20-17-14-5-11-6-15(17)10-21(8-11)9-14;/h1-4,7,11,14-15,17,19H,5-6,8-10H2,(H,20,22);1H/t11?,14-,15-,17?;/m0./s1. The highest BCUT2D eigenvalue weighted by molar-refractivity contribution is 5.98. The molecule has 1 amide bonds. The van der Waals surface area contributed by atoms with Crippen LogP contribution in [0.5, 0.6) is 0 Å². The van der Waals surface area contributed by atoms with Crippen molar-refractivity contribution < 1.29 is 4.79 Å². The molecule has 3 aliphatic heterocycles. The van der Waals surface area contributed by atoms with E-state index in [-0.39, 0.29) is 18.3 Å². The first kappa shape index (κ1) is 15.0. The number of fused-ring (bicyclic) bond motifs is 1. The molecule has 2 N–H and O–H groups in total. The molecule has 1 aliphatic carbocycles. The van der Waals surface area contributed by atoms with Crippen molar-refractivity contribution in [2.75, 3.05) is 19.6 Å². The molecule has 1 aromatic heterocycles. The summed E-state index contributed by atoms with van der Waals surface area (Å²) in [5, 5.41) is 4.51. The van der Waals surface area contributed by atoms with Gasteiger partial charge in [-0.05, 0) is 54.2 Å². The smallest absolute Gasteiger partial charge is 0.251 e. The van der Waals surface area contributed by atoms with Gasteiger partial charge in [-0.15, -0.1) is 12.4 Å². The maximum Gasteiger partial charge on any atom is 0.251 e. The highest BCUT2D eigenvalue weighted by atomic mass is 35.5. The van der Waals surface area contributed by atoms with Gasteiger partial charge in [0.25, 0.3) is 5.91 Å². The Bertz CT molecular complexity index is 713. The molecule has 3 saturated heterocycles. The number of nitrogens with one attached hydrogen (secondary N) is 2. The fourth-order valence-electron chi connectivity index (χ4n) is 5.07. The van der Waals surface area contributed by atoms with E-state index >= 15 is 0 Å². The summed E-state index contributed by atoms with van der Waals surface area (Å²) < 4.78 is 0. The van der Waals surface area contributed by atoms with Crippen molar-refractivity contribution >= 4 is 29.2 Å². The third-order valence-electron chi connectivity index (χ3n) is 5.90. The van der Waals surface area contributed by atoms with Gasteiger partial charge < -0.3 is 15.2 Å². The first-order valence-corrected chi connectivity index (χ1v) is 8.36. The molecule has 5 heteroatoms. The second-order valence-corrected chi connectivity index (χ2v) is 7.36. The maximum atomic E-state index is 12.7. The van der Waals surface area contributed by atoms with Gasteiger partial charge >= 0.3 is 0 Å². The highest BCUT2D eigenvalue weighted by Crippen LogP contribution is 2.43. The zero-order chi connectivity index (χ0) is 14.7. The molecule has 2 aromatic rings. The Kier molecular flexibility index (Phi) is 3.62. The van der Waals surface area contributed by atoms with Gasteiger partial charge in [-0.2, -0.15) is 0 Å². The molecule has 1 aromatic carbocycles. The minimum absolute atomic E-state index is 0. The third-order valence-corrected chi connectivity index (χ3v) is 5.90. The normalized spacial score (nSPS) is 34.3. The van der Waals surface area contributed by atoms with Gasteiger partial charge in [-0.1, -0.05) is 6.07 Å². The molecule has 0 unspecified atom stereocenters. The van der Waals surface area contributed by atoms with Gasteiger partial charge in [0.05, 0.1) is 0 Å². The minimum atomic E-state index is 0. The molecule has 1 saturated carbocycles. The van der Waals surface area contributed by atoms with Crippen molar-refractivity contribution in [2.24, 2.45) is 17.8 Å². The summed E-state index contributed by atoms with van der Waals surface area (Å²) in [5.74, 6) is 2.28. The summed E-state index contributed by atoms with van der Waals surface area (Å²) in [4.78, 5) is 18.4. The number of amides is 1. The number of carbonyl (C=O) groups excluding carboxylic acids is 1. The van der Waals surface area contributed by atoms with Crippen LogP contribution in [-0.4, -0.2) is 41.5 Å². The Hall–Kier alpha value is -1.52. The number of piperidine rings is 3. The average molecular weight is 332 g/mol. The molecular formula is C18H22ClN3O. The van der Waals surface area contributed by atoms with Gasteiger partial charge in [-0.25, -0.2) is 0 Å². The van der Waals surface area contributed by atoms with Crippen LogP contribution in [0.25, 0.3) is 10.9 Å². The van der Waals surface area contributed by atoms with E-state index in [4.69, 9.17) is 0 Å². The second kappa shape index (κ2) is 5.53. The summed E-state index contributed by atoms with van der Waals surface area (Å²) in [5.41, 5.74) is 1.80. The molecule has 0 radical (unpaired) electrons. The highest BCUT2D eigenvalue weighted by Gasteiger charge is 2.47. The number of hydrogen-bond acceptors (Lipinski definition) is 2. The second-order valence-electron chi connectivity index (χ2n) is 7.36. The van der Waals surface area contributed by atoms with Crippen molar-refractivity contribution in [1.82, 2.24) is 15.2 Å². The van der Waals surface area contributed by atoms with E-state index < -0.39 is 0 Å². The molecule has 4 heterocycles. The van der Waals surface area contributed by atoms with Crippen LogP contribution in [0.1, 0.15) is 23.2 Å². The number of benzene rings is 1. The SMILES string of the molecule is Cl.O=C(NC1[C@H]2CC3C[C@H]1CN(C3)C2)c1ccc2cc[nH]c2c1. The predicted octanol–water partition coefficient (Wildman–Crippen LogP) is 2.66. The van der Waals surface area contributed by atoms with Crippen molar-refractivity contribution in [1.29, 1.82) is 0 Å². The maximum absolute atomic E-state index is 12.7. The summed E-state index contributed by atoms with van der Waals surface area (Å²) in [6.45, 7) is 3.64. The number of halogens is 1. The first-order chi connectivity index (χ1) is 10.8. The lowest BCUT2D eigenvalue weighted by Crippen LogP contribution is -2.64. The molecule has 2 atom stereocenters. The van der Waals surface area contributed by atoms with Crippen LogP contribution < -0.4 is 5.32 Å². The summed E-state index contributed by atoms with van der Waals surface area (Å²) in [6, 6.07) is 8.32. The van der Waals surface area contributed by atoms with Crippen molar-refractivity contribution in [3.05, 3.63) is 36.0 Å². The number of rotatable bonds is 2. The molecular weight excluding hydrogens is 310 g/mol. The number of aromatic amines is 1. The zero-order valence-corrected chi connectivity index (χ0v) is 13.8. The molecule has 4 nitrogen and oxygen atoms in total. The van der Waals surface area contributed by atoms with Crippen LogP contribution >= 0.6 is 12.4 Å². The Balaban J connectivity index is 0.00000135. The lowest BCUT2D eigenvalue weighted by atomic mass is 9.65. The fraction of sp³-hybridized carbons (Fsp3) is 0.500. The molecule has 4 bridgehead atoms. The van der Waals surface area contributed by atoms with Gasteiger partial charge in [0, 0.05) is 43.0 Å². The quantitative estimate of drug-likeness (QED) is 0.888. The third kappa shape index (κ3) is 2.45. The monoisotopic (exact) mass is 331 g/mol. The van der Waals surface area contributed by atoms with E-state index in [0.717, 1.165) is 22.4 Å². The number of nitrogens with zero attached hydrogens (tertiary/aromatic N) is 1. The van der Waals surface area contributed by atoms with E-state index in [1.54, 1.807) is 0 Å². The topological polar surface area (TPSA) is 48.1 Å². The Morgan fingerprint density at radius 1 is 1.13 bits per heavy atom. The summed E-state index contributed by atoms with van der Waals surface area (Å²) in [7, 11) is 0. The molecule has 6 rings (SSSR count). The molecule has 0 spiro atoms. The van der Waals surface area contributed by atoms with Crippen LogP contribution in [0.2, 0.25) is 0 Å². The van der Waals surface area contributed by atoms with Gasteiger partial charge in [0.15, 0.2) is 0 Å². The molecule has 122 valence electrons. The minimum Gasteiger partial charge on any atom is -0.361 e. The summed E-state index contributed by atoms with van der Waals surface area (Å²) >= 11 is 0. The van der Waals surface area contributed by atoms with E-state index in [9.17, 15) is 4.79 Å². The number of hydrogen-bond donors (Lipinski definition) is 2. The van der Waals surface area contributed by atoms with E-state index in [0.29, 0.717) is 17.9 Å². The summed E-state index contributed by atoms with van der Waals surface area (Å²) in [6.07, 6.45) is 4.51. The van der Waals surface area contributed by atoms with Gasteiger partial charge in [0.2, 0.25) is 0 Å². The van der Waals surface area contributed by atoms with Crippen molar-refractivity contribution in [3.63, 3.8) is 0 Å². The van der Waals surface area contributed by atoms with Crippen LogP contribution in [0, 0.1) is 17.8 Å². The van der Waals surface area contributed by atoms with Crippen molar-refractivity contribution in [2.45, 2.75) is 18.9 Å². The number of carbonyl (C=O) groups is 1. The lowest BCUT2D eigenvalue weighted by Gasteiger charge is -2.55. The predicted molar refractivity (Wildman–Crippen MR) is 92.9 cm³/mol. The van der Waals surface area contributed by atoms with Crippen LogP contribution in [-0.2, 0) is 0 Å².